The third-order valence-electron chi connectivity index (χ3n) is 6.41. The molecule has 1 aliphatic rings. The highest BCUT2D eigenvalue weighted by Gasteiger charge is 2.33. The number of aliphatic hydroxyl groups excluding tert-OH is 1. The molecule has 2 heterocycles. The van der Waals surface area contributed by atoms with E-state index in [-0.39, 0.29) is 30.2 Å². The number of rotatable bonds is 9. The van der Waals surface area contributed by atoms with E-state index >= 15 is 0 Å². The normalized spacial score (nSPS) is 16.5. The fourth-order valence-electron chi connectivity index (χ4n) is 4.15. The molecule has 0 spiro atoms. The maximum Gasteiger partial charge on any atom is 0.258 e. The average molecular weight is 532 g/mol. The van der Waals surface area contributed by atoms with Gasteiger partial charge in [-0.25, -0.2) is 4.98 Å². The number of Topliss-reactive ketones (excluding diaryl/α,β-unsaturated/α-hetero) is 1. The molecule has 0 unspecified atom stereocenters. The first-order chi connectivity index (χ1) is 18.3. The highest BCUT2D eigenvalue weighted by atomic mass is 35.5. The summed E-state index contributed by atoms with van der Waals surface area (Å²) < 4.78 is 7.24. The first-order valence-electron chi connectivity index (χ1n) is 12.2. The number of ether oxygens (including phenoxy) is 1. The van der Waals surface area contributed by atoms with E-state index in [1.165, 1.54) is 10.8 Å². The number of hydrogen-bond acceptors (Lipinski definition) is 8. The quantitative estimate of drug-likeness (QED) is 0.325. The number of aryl methyl sites for hydroxylation is 1. The number of anilines is 2. The summed E-state index contributed by atoms with van der Waals surface area (Å²) in [5, 5.41) is 21.3. The van der Waals surface area contributed by atoms with Crippen LogP contribution in [-0.2, 0) is 17.8 Å². The van der Waals surface area contributed by atoms with Crippen molar-refractivity contribution in [3.8, 4) is 11.6 Å². The number of carbonyl (C=O) groups is 1. The predicted octanol–water partition coefficient (Wildman–Crippen LogP) is 4.46. The number of benzene rings is 2. The number of ketones is 1. The first kappa shape index (κ1) is 25.6. The monoisotopic (exact) mass is 531 g/mol. The molecule has 2 aromatic carbocycles. The zero-order valence-corrected chi connectivity index (χ0v) is 21.4. The van der Waals surface area contributed by atoms with Crippen molar-refractivity contribution in [3.63, 3.8) is 0 Å². The summed E-state index contributed by atoms with van der Waals surface area (Å²) >= 11 is 6.03. The lowest BCUT2D eigenvalue weighted by atomic mass is 9.78. The molecule has 1 aliphatic carbocycles. The van der Waals surface area contributed by atoms with Gasteiger partial charge in [0.05, 0.1) is 18.3 Å². The van der Waals surface area contributed by atoms with E-state index in [1.807, 2.05) is 25.1 Å². The Kier molecular flexibility index (Phi) is 7.48. The van der Waals surface area contributed by atoms with Crippen molar-refractivity contribution in [3.05, 3.63) is 99.1 Å². The zero-order valence-electron chi connectivity index (χ0n) is 20.7. The molecule has 0 saturated heterocycles. The molecule has 0 aliphatic heterocycles. The van der Waals surface area contributed by atoms with Crippen LogP contribution in [0.3, 0.4) is 0 Å². The molecule has 1 fully saturated rings. The maximum absolute atomic E-state index is 13.5. The molecule has 194 valence electrons. The van der Waals surface area contributed by atoms with Gasteiger partial charge < -0.3 is 15.2 Å². The summed E-state index contributed by atoms with van der Waals surface area (Å²) in [6.07, 6.45) is 1.89. The molecule has 2 N–H and O–H groups in total. The Hall–Kier alpha value is -4.08. The lowest BCUT2D eigenvalue weighted by Crippen LogP contribution is -2.36. The molecule has 9 nitrogen and oxygen atoms in total. The lowest BCUT2D eigenvalue weighted by Gasteiger charge is -2.29. The van der Waals surface area contributed by atoms with Gasteiger partial charge in [-0.15, -0.1) is 5.10 Å². The molecule has 2 aromatic heterocycles. The molecular weight excluding hydrogens is 506 g/mol. The van der Waals surface area contributed by atoms with Gasteiger partial charge in [-0.2, -0.15) is 5.10 Å². The summed E-state index contributed by atoms with van der Waals surface area (Å²) in [4.78, 5) is 30.6. The molecule has 10 heteroatoms. The lowest BCUT2D eigenvalue weighted by molar-refractivity contribution is -0.128. The van der Waals surface area contributed by atoms with E-state index in [2.05, 4.69) is 20.5 Å². The van der Waals surface area contributed by atoms with Crippen LogP contribution in [0.1, 0.15) is 29.7 Å². The number of carbonyl (C=O) groups excluding carboxylic acids is 1. The molecule has 0 bridgehead atoms. The number of nitrogens with one attached hydrogen (secondary N) is 1. The van der Waals surface area contributed by atoms with Crippen molar-refractivity contribution in [2.75, 3.05) is 5.32 Å². The Morgan fingerprint density at radius 2 is 1.82 bits per heavy atom. The minimum atomic E-state index is -0.433. The number of aromatic nitrogens is 4. The van der Waals surface area contributed by atoms with Crippen LogP contribution in [0.2, 0.25) is 5.02 Å². The van der Waals surface area contributed by atoms with Crippen LogP contribution < -0.4 is 15.6 Å². The van der Waals surface area contributed by atoms with Crippen molar-refractivity contribution in [2.24, 2.45) is 5.92 Å². The second-order valence-corrected chi connectivity index (χ2v) is 9.79. The van der Waals surface area contributed by atoms with Gasteiger partial charge in [0.1, 0.15) is 11.5 Å². The molecule has 5 rings (SSSR count). The maximum atomic E-state index is 13.5. The Labute approximate surface area is 224 Å². The zero-order chi connectivity index (χ0) is 26.6. The molecule has 4 aromatic rings. The van der Waals surface area contributed by atoms with Crippen molar-refractivity contribution in [1.29, 1.82) is 0 Å². The van der Waals surface area contributed by atoms with E-state index in [1.54, 1.807) is 42.5 Å². The van der Waals surface area contributed by atoms with Crippen LogP contribution in [0, 0.1) is 12.8 Å². The van der Waals surface area contributed by atoms with Crippen LogP contribution in [0.4, 0.5) is 11.6 Å². The number of nitrogens with zero attached hydrogens (tertiary/aromatic N) is 4. The van der Waals surface area contributed by atoms with Crippen molar-refractivity contribution < 1.29 is 14.6 Å². The Bertz CT molecular complexity index is 1480. The topological polar surface area (TPSA) is 119 Å². The molecule has 0 radical (unpaired) electrons. The van der Waals surface area contributed by atoms with Gasteiger partial charge in [0.25, 0.3) is 5.56 Å². The van der Waals surface area contributed by atoms with E-state index < -0.39 is 6.10 Å². The second-order valence-electron chi connectivity index (χ2n) is 9.35. The Morgan fingerprint density at radius 1 is 1.08 bits per heavy atom. The van der Waals surface area contributed by atoms with Crippen molar-refractivity contribution in [1.82, 2.24) is 19.7 Å². The molecule has 0 amide bonds. The smallest absolute Gasteiger partial charge is 0.258 e. The van der Waals surface area contributed by atoms with Gasteiger partial charge in [-0.05, 0) is 67.8 Å². The van der Waals surface area contributed by atoms with E-state index in [9.17, 15) is 14.7 Å². The summed E-state index contributed by atoms with van der Waals surface area (Å²) in [6.45, 7) is 2.09. The molecule has 1 saturated carbocycles. The van der Waals surface area contributed by atoms with Gasteiger partial charge in [0, 0.05) is 40.9 Å². The third-order valence-corrected chi connectivity index (χ3v) is 6.66. The number of hydrogen-bond donors (Lipinski definition) is 2. The number of aliphatic hydroxyl groups is 1. The van der Waals surface area contributed by atoms with E-state index in [0.717, 1.165) is 11.3 Å². The van der Waals surface area contributed by atoms with Gasteiger partial charge in [0.15, 0.2) is 0 Å². The summed E-state index contributed by atoms with van der Waals surface area (Å²) in [7, 11) is 0. The van der Waals surface area contributed by atoms with Crippen molar-refractivity contribution in [2.45, 2.75) is 38.8 Å². The van der Waals surface area contributed by atoms with Gasteiger partial charge in [-0.1, -0.05) is 23.7 Å². The average Bonchev–Trinajstić information content (AvgIpc) is 2.89. The fraction of sp³-hybridized carbons (Fsp3) is 0.250. The minimum absolute atomic E-state index is 0.0158. The van der Waals surface area contributed by atoms with Gasteiger partial charge in [-0.3, -0.25) is 14.2 Å². The summed E-state index contributed by atoms with van der Waals surface area (Å²) in [6, 6.07) is 17.9. The van der Waals surface area contributed by atoms with Crippen molar-refractivity contribution >= 4 is 29.0 Å². The Balaban J connectivity index is 1.38. The summed E-state index contributed by atoms with van der Waals surface area (Å²) in [5.41, 5.74) is 2.36. The highest BCUT2D eigenvalue weighted by Crippen LogP contribution is 2.29. The predicted molar refractivity (Wildman–Crippen MR) is 143 cm³/mol. The summed E-state index contributed by atoms with van der Waals surface area (Å²) in [5.74, 6) is 1.03. The second kappa shape index (κ2) is 11.1. The molecule has 0 atom stereocenters. The van der Waals surface area contributed by atoms with Crippen LogP contribution in [0.25, 0.3) is 0 Å². The largest absolute Gasteiger partial charge is 0.438 e. The highest BCUT2D eigenvalue weighted by molar-refractivity contribution is 6.30. The van der Waals surface area contributed by atoms with Gasteiger partial charge >= 0.3 is 0 Å². The standard InChI is InChI=1S/C28H26ClN5O4/c1-17-2-11-26(33-32-17)38-24-9-7-22(8-10-24)31-28-30-15-20(14-25(36)19-12-23(35)13-19)27(37)34(28)16-18-3-5-21(29)6-4-18/h2-11,15,19,23,35H,12-14,16H2,1H3,(H,30,31). The molecular formula is C28H26ClN5O4. The SMILES string of the molecule is Cc1ccc(Oc2ccc(Nc3ncc(CC(=O)C4CC(O)C4)c(=O)n3Cc3ccc(Cl)cc3)cc2)nn1. The molecule has 38 heavy (non-hydrogen) atoms. The fourth-order valence-corrected chi connectivity index (χ4v) is 4.28. The van der Waals surface area contributed by atoms with Crippen LogP contribution in [0.5, 0.6) is 11.6 Å². The van der Waals surface area contributed by atoms with Crippen LogP contribution in [0.15, 0.2) is 71.7 Å². The van der Waals surface area contributed by atoms with E-state index in [4.69, 9.17) is 16.3 Å². The number of halogens is 1. The van der Waals surface area contributed by atoms with E-state index in [0.29, 0.717) is 46.7 Å². The Morgan fingerprint density at radius 3 is 2.47 bits per heavy atom. The van der Waals surface area contributed by atoms with Gasteiger partial charge in [0.2, 0.25) is 11.8 Å². The van der Waals surface area contributed by atoms with Crippen LogP contribution >= 0.6 is 11.6 Å². The minimum Gasteiger partial charge on any atom is -0.438 e. The first-order valence-corrected chi connectivity index (χ1v) is 12.6. The van der Waals surface area contributed by atoms with Crippen LogP contribution in [-0.4, -0.2) is 36.7 Å². The third kappa shape index (κ3) is 6.07.